The van der Waals surface area contributed by atoms with E-state index in [1.54, 1.807) is 24.3 Å². The molecule has 0 saturated heterocycles. The molecule has 2 N–H and O–H groups in total. The number of nitrogens with zero attached hydrogens (tertiary/aromatic N) is 2. The minimum atomic E-state index is -0.361. The second kappa shape index (κ2) is 6.71. The molecule has 2 amide bonds. The van der Waals surface area contributed by atoms with Gasteiger partial charge in [-0.1, -0.05) is 18.3 Å². The highest BCUT2D eigenvalue weighted by atomic mass is 32.1. The maximum absolute atomic E-state index is 12.1. The van der Waals surface area contributed by atoms with Gasteiger partial charge in [0, 0.05) is 0 Å². The van der Waals surface area contributed by atoms with E-state index in [2.05, 4.69) is 20.8 Å². The van der Waals surface area contributed by atoms with Crippen LogP contribution in [0.15, 0.2) is 34.9 Å². The Morgan fingerprint density at radius 2 is 2.00 bits per heavy atom. The third-order valence-electron chi connectivity index (χ3n) is 2.80. The largest absolute Gasteiger partial charge is 0.459 e. The van der Waals surface area contributed by atoms with Crippen molar-refractivity contribution in [1.29, 1.82) is 0 Å². The maximum Gasteiger partial charge on any atom is 0.291 e. The van der Waals surface area contributed by atoms with Crippen LogP contribution in [0.25, 0.3) is 0 Å². The second-order valence-electron chi connectivity index (χ2n) is 4.40. The van der Waals surface area contributed by atoms with Crippen molar-refractivity contribution in [3.8, 4) is 0 Å². The maximum atomic E-state index is 12.1. The zero-order valence-electron chi connectivity index (χ0n) is 12.0. The van der Waals surface area contributed by atoms with E-state index in [0.717, 1.165) is 11.4 Å². The fourth-order valence-electron chi connectivity index (χ4n) is 1.71. The van der Waals surface area contributed by atoms with E-state index in [1.807, 2.05) is 6.92 Å². The molecule has 0 aromatic carbocycles. The Morgan fingerprint density at radius 1 is 1.13 bits per heavy atom. The number of carbonyl (C=O) groups excluding carboxylic acids is 2. The number of thiophene rings is 1. The van der Waals surface area contributed by atoms with Crippen LogP contribution in [0.1, 0.15) is 32.2 Å². The minimum absolute atomic E-state index is 0.213. The van der Waals surface area contributed by atoms with Crippen LogP contribution < -0.4 is 10.6 Å². The summed E-state index contributed by atoms with van der Waals surface area (Å²) >= 11 is 2.51. The molecule has 0 atom stereocenters. The molecule has 7 nitrogen and oxygen atoms in total. The molecule has 0 aliphatic carbocycles. The predicted molar refractivity (Wildman–Crippen MR) is 88.2 cm³/mol. The van der Waals surface area contributed by atoms with Crippen molar-refractivity contribution in [1.82, 2.24) is 10.2 Å². The summed E-state index contributed by atoms with van der Waals surface area (Å²) in [5, 5.41) is 15.1. The smallest absolute Gasteiger partial charge is 0.291 e. The fraction of sp³-hybridized carbons (Fsp3) is 0.143. The number of rotatable bonds is 5. The molecule has 0 saturated carbocycles. The van der Waals surface area contributed by atoms with Crippen molar-refractivity contribution >= 4 is 44.6 Å². The van der Waals surface area contributed by atoms with Crippen LogP contribution in [0.2, 0.25) is 0 Å². The molecule has 9 heteroatoms. The Labute approximate surface area is 139 Å². The number of hydrogen-bond donors (Lipinski definition) is 2. The summed E-state index contributed by atoms with van der Waals surface area (Å²) in [5.74, 6) is -0.432. The van der Waals surface area contributed by atoms with Gasteiger partial charge in [0.2, 0.25) is 5.13 Å². The molecule has 0 aliphatic rings. The Bertz CT molecular complexity index is 823. The zero-order valence-corrected chi connectivity index (χ0v) is 13.7. The molecule has 0 unspecified atom stereocenters. The van der Waals surface area contributed by atoms with E-state index in [1.165, 1.54) is 28.9 Å². The summed E-state index contributed by atoms with van der Waals surface area (Å²) in [6.07, 6.45) is 2.20. The molecule has 3 heterocycles. The lowest BCUT2D eigenvalue weighted by Crippen LogP contribution is -2.10. The Balaban J connectivity index is 1.64. The predicted octanol–water partition coefficient (Wildman–Crippen LogP) is 3.26. The molecular formula is C14H12N4O3S2. The number of aromatic nitrogens is 2. The van der Waals surface area contributed by atoms with Crippen LogP contribution in [-0.2, 0) is 6.42 Å². The van der Waals surface area contributed by atoms with Crippen LogP contribution in [0.3, 0.4) is 0 Å². The molecule has 23 heavy (non-hydrogen) atoms. The average molecular weight is 348 g/mol. The van der Waals surface area contributed by atoms with Crippen molar-refractivity contribution in [2.24, 2.45) is 0 Å². The van der Waals surface area contributed by atoms with Gasteiger partial charge in [0.1, 0.15) is 5.01 Å². The number of nitrogens with one attached hydrogen (secondary N) is 2. The second-order valence-corrected chi connectivity index (χ2v) is 6.55. The first-order valence-corrected chi connectivity index (χ1v) is 8.37. The van der Waals surface area contributed by atoms with Crippen molar-refractivity contribution in [3.05, 3.63) is 46.2 Å². The first-order valence-electron chi connectivity index (χ1n) is 6.74. The number of furan rings is 1. The summed E-state index contributed by atoms with van der Waals surface area (Å²) < 4.78 is 5.01. The van der Waals surface area contributed by atoms with Gasteiger partial charge in [0.05, 0.1) is 16.1 Å². The van der Waals surface area contributed by atoms with Crippen LogP contribution in [0.4, 0.5) is 10.1 Å². The summed E-state index contributed by atoms with van der Waals surface area (Å²) in [5.41, 5.74) is 0. The van der Waals surface area contributed by atoms with Crippen LogP contribution in [-0.4, -0.2) is 22.0 Å². The normalized spacial score (nSPS) is 10.5. The van der Waals surface area contributed by atoms with E-state index in [4.69, 9.17) is 4.42 Å². The molecule has 0 spiro atoms. The topological polar surface area (TPSA) is 97.1 Å². The standard InChI is InChI=1S/C14H12N4O3S2/c1-2-10-17-18-14(23-10)16-13(20)9-5-6-11(22-9)15-12(19)8-4-3-7-21-8/h3-7H,2H2,1H3,(H,15,19)(H,16,18,20). The van der Waals surface area contributed by atoms with E-state index >= 15 is 0 Å². The molecule has 3 aromatic heterocycles. The SMILES string of the molecule is CCc1nnc(NC(=O)c2ccc(NC(=O)c3ccco3)s2)s1. The summed E-state index contributed by atoms with van der Waals surface area (Å²) in [6.45, 7) is 1.97. The first-order chi connectivity index (χ1) is 11.2. The van der Waals surface area contributed by atoms with E-state index in [9.17, 15) is 9.59 Å². The van der Waals surface area contributed by atoms with Crippen LogP contribution >= 0.6 is 22.7 Å². The first kappa shape index (κ1) is 15.4. The van der Waals surface area contributed by atoms with Gasteiger partial charge in [-0.15, -0.1) is 21.5 Å². The quantitative estimate of drug-likeness (QED) is 0.737. The molecule has 118 valence electrons. The van der Waals surface area contributed by atoms with E-state index < -0.39 is 0 Å². The molecule has 0 fully saturated rings. The number of anilines is 2. The zero-order chi connectivity index (χ0) is 16.2. The van der Waals surface area contributed by atoms with Gasteiger partial charge >= 0.3 is 0 Å². The molecule has 0 aliphatic heterocycles. The summed E-state index contributed by atoms with van der Waals surface area (Å²) in [6, 6.07) is 6.50. The monoisotopic (exact) mass is 348 g/mol. The Hall–Kier alpha value is -2.52. The van der Waals surface area contributed by atoms with Crippen molar-refractivity contribution in [3.63, 3.8) is 0 Å². The number of amides is 2. The van der Waals surface area contributed by atoms with E-state index in [0.29, 0.717) is 15.0 Å². The van der Waals surface area contributed by atoms with Gasteiger partial charge < -0.3 is 9.73 Å². The number of carbonyl (C=O) groups is 2. The number of hydrogen-bond acceptors (Lipinski definition) is 7. The van der Waals surface area contributed by atoms with Gasteiger partial charge in [-0.2, -0.15) is 0 Å². The van der Waals surface area contributed by atoms with Gasteiger partial charge in [-0.3, -0.25) is 14.9 Å². The van der Waals surface area contributed by atoms with Crippen molar-refractivity contribution in [2.75, 3.05) is 10.6 Å². The van der Waals surface area contributed by atoms with Crippen molar-refractivity contribution in [2.45, 2.75) is 13.3 Å². The molecular weight excluding hydrogens is 336 g/mol. The van der Waals surface area contributed by atoms with Gasteiger partial charge in [-0.25, -0.2) is 0 Å². The summed E-state index contributed by atoms with van der Waals surface area (Å²) in [7, 11) is 0. The highest BCUT2D eigenvalue weighted by molar-refractivity contribution is 7.18. The van der Waals surface area contributed by atoms with Gasteiger partial charge in [-0.05, 0) is 30.7 Å². The highest BCUT2D eigenvalue weighted by Crippen LogP contribution is 2.24. The lowest BCUT2D eigenvalue weighted by molar-refractivity contribution is 0.0995. The molecule has 0 bridgehead atoms. The van der Waals surface area contributed by atoms with Gasteiger partial charge in [0.15, 0.2) is 5.76 Å². The Morgan fingerprint density at radius 3 is 2.70 bits per heavy atom. The third-order valence-corrected chi connectivity index (χ3v) is 4.78. The lowest BCUT2D eigenvalue weighted by Gasteiger charge is -1.99. The van der Waals surface area contributed by atoms with Crippen LogP contribution in [0, 0.1) is 0 Å². The molecule has 0 radical (unpaired) electrons. The summed E-state index contributed by atoms with van der Waals surface area (Å²) in [4.78, 5) is 24.5. The Kier molecular flexibility index (Phi) is 4.49. The number of aryl methyl sites for hydroxylation is 1. The minimum Gasteiger partial charge on any atom is -0.459 e. The highest BCUT2D eigenvalue weighted by Gasteiger charge is 2.14. The van der Waals surface area contributed by atoms with Gasteiger partial charge in [0.25, 0.3) is 11.8 Å². The van der Waals surface area contributed by atoms with Crippen molar-refractivity contribution < 1.29 is 14.0 Å². The fourth-order valence-corrected chi connectivity index (χ4v) is 3.19. The average Bonchev–Trinajstić information content (AvgIpc) is 3.28. The molecule has 3 aromatic rings. The molecule has 3 rings (SSSR count). The van der Waals surface area contributed by atoms with E-state index in [-0.39, 0.29) is 17.6 Å². The lowest BCUT2D eigenvalue weighted by atomic mass is 10.4. The third kappa shape index (κ3) is 3.63. The van der Waals surface area contributed by atoms with Crippen LogP contribution in [0.5, 0.6) is 0 Å².